The third-order valence-electron chi connectivity index (χ3n) is 5.28. The number of rotatable bonds is 6. The lowest BCUT2D eigenvalue weighted by atomic mass is 10.1. The second kappa shape index (κ2) is 9.27. The Labute approximate surface area is 193 Å². The summed E-state index contributed by atoms with van der Waals surface area (Å²) in [6, 6.07) is 6.94. The molecule has 1 saturated heterocycles. The van der Waals surface area contributed by atoms with Crippen LogP contribution in [-0.2, 0) is 16.1 Å². The van der Waals surface area contributed by atoms with E-state index in [9.17, 15) is 19.1 Å². The molecule has 2 aromatic rings. The van der Waals surface area contributed by atoms with Crippen molar-refractivity contribution >= 4 is 45.7 Å². The molecule has 3 atom stereocenters. The highest BCUT2D eigenvalue weighted by Crippen LogP contribution is 2.35. The molecule has 1 aliphatic heterocycles. The predicted molar refractivity (Wildman–Crippen MR) is 123 cm³/mol. The van der Waals surface area contributed by atoms with E-state index in [1.54, 1.807) is 25.2 Å². The Morgan fingerprint density at radius 3 is 2.63 bits per heavy atom. The van der Waals surface area contributed by atoms with Crippen molar-refractivity contribution in [3.8, 4) is 10.4 Å². The highest BCUT2D eigenvalue weighted by Gasteiger charge is 2.48. The number of amides is 2. The number of carbonyl (C=O) groups excluding carboxylic acids is 2. The number of thiazole rings is 1. The maximum atomic E-state index is 14.8. The number of nitrogens with one attached hydrogen (secondary N) is 1. The molecule has 6 nitrogen and oxygen atoms in total. The smallest absolute Gasteiger partial charge is 0.271 e. The van der Waals surface area contributed by atoms with Gasteiger partial charge in [-0.3, -0.25) is 9.59 Å². The minimum atomic E-state index is -2.12. The third-order valence-corrected chi connectivity index (χ3v) is 7.97. The summed E-state index contributed by atoms with van der Waals surface area (Å²) in [5.74, 6) is -1.70. The van der Waals surface area contributed by atoms with Gasteiger partial charge in [-0.2, -0.15) is 0 Å². The predicted octanol–water partition coefficient (Wildman–Crippen LogP) is 3.45. The van der Waals surface area contributed by atoms with E-state index in [1.165, 1.54) is 27.5 Å². The van der Waals surface area contributed by atoms with Gasteiger partial charge in [0.2, 0.25) is 9.58 Å². The summed E-state index contributed by atoms with van der Waals surface area (Å²) in [6.45, 7) is 5.43. The fourth-order valence-corrected chi connectivity index (χ4v) is 4.51. The zero-order valence-electron chi connectivity index (χ0n) is 17.1. The molecule has 3 rings (SSSR count). The molecule has 0 bridgehead atoms. The fraction of sp³-hybridized carbons (Fsp3) is 0.476. The standard InChI is InChI=1S/C21H25FIN3O3S/c1-12(2)21(22,23)20(29)26-10-16(27)8-17(26)19(28)24-9-14-4-6-15(7-5-14)18-13(3)25-11-30-18/h4-7,11-12,16-17,27H,8-10H2,1-3H3,(H,24,28)/t16-,17+,21+/m1/s1. The van der Waals surface area contributed by atoms with Gasteiger partial charge in [0, 0.05) is 25.4 Å². The molecule has 1 aliphatic rings. The van der Waals surface area contributed by atoms with Gasteiger partial charge >= 0.3 is 0 Å². The van der Waals surface area contributed by atoms with Crippen LogP contribution in [0.25, 0.3) is 10.4 Å². The van der Waals surface area contributed by atoms with Crippen molar-refractivity contribution in [1.29, 1.82) is 0 Å². The summed E-state index contributed by atoms with van der Waals surface area (Å²) in [6.07, 6.45) is -0.739. The molecule has 2 N–H and O–H groups in total. The molecule has 0 spiro atoms. The van der Waals surface area contributed by atoms with Crippen LogP contribution in [0.4, 0.5) is 4.39 Å². The van der Waals surface area contributed by atoms with E-state index in [1.807, 2.05) is 36.7 Å². The van der Waals surface area contributed by atoms with Crippen LogP contribution in [0, 0.1) is 12.8 Å². The normalized spacial score (nSPS) is 21.0. The van der Waals surface area contributed by atoms with Crippen molar-refractivity contribution in [2.24, 2.45) is 5.92 Å². The summed E-state index contributed by atoms with van der Waals surface area (Å²) in [5.41, 5.74) is 4.76. The third kappa shape index (κ3) is 4.83. The van der Waals surface area contributed by atoms with Crippen LogP contribution in [0.1, 0.15) is 31.5 Å². The molecular formula is C21H25FIN3O3S. The van der Waals surface area contributed by atoms with E-state index in [0.29, 0.717) is 0 Å². The van der Waals surface area contributed by atoms with Crippen molar-refractivity contribution < 1.29 is 19.1 Å². The molecule has 9 heteroatoms. The molecule has 1 fully saturated rings. The number of aliphatic hydroxyl groups is 1. The minimum absolute atomic E-state index is 0.0405. The molecule has 162 valence electrons. The quantitative estimate of drug-likeness (QED) is 0.431. The SMILES string of the molecule is Cc1ncsc1-c1ccc(CNC(=O)[C@@H]2C[C@@H](O)CN2C(=O)[C@@](F)(I)C(C)C)cc1. The average Bonchev–Trinajstić information content (AvgIpc) is 3.31. The number of aliphatic hydroxyl groups excluding tert-OH is 1. The van der Waals surface area contributed by atoms with Crippen LogP contribution < -0.4 is 5.32 Å². The van der Waals surface area contributed by atoms with Crippen molar-refractivity contribution in [3.05, 3.63) is 41.0 Å². The molecule has 2 heterocycles. The van der Waals surface area contributed by atoms with Crippen molar-refractivity contribution in [2.75, 3.05) is 6.54 Å². The zero-order chi connectivity index (χ0) is 22.1. The number of likely N-dealkylation sites (tertiary alicyclic amines) is 1. The van der Waals surface area contributed by atoms with Crippen LogP contribution in [0.3, 0.4) is 0 Å². The van der Waals surface area contributed by atoms with Gasteiger partial charge in [-0.1, -0.05) is 38.1 Å². The Bertz CT molecular complexity index is 916. The van der Waals surface area contributed by atoms with Crippen LogP contribution in [0.2, 0.25) is 0 Å². The largest absolute Gasteiger partial charge is 0.391 e. The van der Waals surface area contributed by atoms with Crippen molar-refractivity contribution in [1.82, 2.24) is 15.2 Å². The van der Waals surface area contributed by atoms with Gasteiger partial charge in [0.25, 0.3) is 5.91 Å². The highest BCUT2D eigenvalue weighted by atomic mass is 127. The number of benzene rings is 1. The molecule has 1 aromatic carbocycles. The molecule has 0 radical (unpaired) electrons. The van der Waals surface area contributed by atoms with E-state index in [2.05, 4.69) is 10.3 Å². The molecule has 2 amide bonds. The van der Waals surface area contributed by atoms with Crippen molar-refractivity contribution in [3.63, 3.8) is 0 Å². The van der Waals surface area contributed by atoms with E-state index < -0.39 is 33.6 Å². The Morgan fingerprint density at radius 1 is 1.40 bits per heavy atom. The summed E-state index contributed by atoms with van der Waals surface area (Å²) in [7, 11) is 0. The van der Waals surface area contributed by atoms with Gasteiger partial charge in [-0.15, -0.1) is 11.3 Å². The summed E-state index contributed by atoms with van der Waals surface area (Å²) >= 11 is 3.06. The monoisotopic (exact) mass is 545 g/mol. The van der Waals surface area contributed by atoms with Gasteiger partial charge in [0.15, 0.2) is 0 Å². The number of hydrogen-bond acceptors (Lipinski definition) is 5. The number of β-amino-alcohol motifs (C(OH)–C–C–N with tert-alkyl or cyclic N) is 1. The minimum Gasteiger partial charge on any atom is -0.391 e. The lowest BCUT2D eigenvalue weighted by Crippen LogP contribution is -2.52. The molecule has 0 unspecified atom stereocenters. The Kier molecular flexibility index (Phi) is 7.13. The maximum absolute atomic E-state index is 14.8. The first-order valence-electron chi connectivity index (χ1n) is 9.75. The number of halogens is 2. The van der Waals surface area contributed by atoms with Gasteiger partial charge in [-0.25, -0.2) is 9.37 Å². The number of alkyl halides is 2. The fourth-order valence-electron chi connectivity index (χ4n) is 3.39. The molecular weight excluding hydrogens is 520 g/mol. The van der Waals surface area contributed by atoms with Crippen LogP contribution in [0.5, 0.6) is 0 Å². The first-order valence-corrected chi connectivity index (χ1v) is 11.7. The molecule has 0 aliphatic carbocycles. The first-order chi connectivity index (χ1) is 14.1. The van der Waals surface area contributed by atoms with Gasteiger partial charge in [0.05, 0.1) is 22.2 Å². The molecule has 1 aromatic heterocycles. The number of nitrogens with zero attached hydrogens (tertiary/aromatic N) is 2. The first kappa shape index (κ1) is 23.1. The average molecular weight is 545 g/mol. The number of aryl methyl sites for hydroxylation is 1. The van der Waals surface area contributed by atoms with Gasteiger partial charge in [-0.05, 0) is 40.6 Å². The van der Waals surface area contributed by atoms with E-state index >= 15 is 0 Å². The Morgan fingerprint density at radius 2 is 2.07 bits per heavy atom. The van der Waals surface area contributed by atoms with Crippen LogP contribution in [0.15, 0.2) is 29.8 Å². The number of aromatic nitrogens is 1. The molecule has 30 heavy (non-hydrogen) atoms. The van der Waals surface area contributed by atoms with E-state index in [4.69, 9.17) is 0 Å². The molecule has 0 saturated carbocycles. The number of carbonyl (C=O) groups is 2. The summed E-state index contributed by atoms with van der Waals surface area (Å²) in [4.78, 5) is 31.9. The van der Waals surface area contributed by atoms with E-state index in [0.717, 1.165) is 21.7 Å². The van der Waals surface area contributed by atoms with Crippen molar-refractivity contribution in [2.45, 2.75) is 49.6 Å². The summed E-state index contributed by atoms with van der Waals surface area (Å²) < 4.78 is 12.7. The van der Waals surface area contributed by atoms with Gasteiger partial charge < -0.3 is 15.3 Å². The lowest BCUT2D eigenvalue weighted by molar-refractivity contribution is -0.144. The maximum Gasteiger partial charge on any atom is 0.271 e. The topological polar surface area (TPSA) is 82.5 Å². The Hall–Kier alpha value is -1.59. The van der Waals surface area contributed by atoms with Gasteiger partial charge in [0.1, 0.15) is 6.04 Å². The van der Waals surface area contributed by atoms with Crippen LogP contribution >= 0.6 is 33.9 Å². The summed E-state index contributed by atoms with van der Waals surface area (Å²) in [5, 5.41) is 12.8. The highest BCUT2D eigenvalue weighted by molar-refractivity contribution is 14.1. The van der Waals surface area contributed by atoms with E-state index in [-0.39, 0.29) is 19.5 Å². The zero-order valence-corrected chi connectivity index (χ0v) is 20.0. The second-order valence-corrected chi connectivity index (χ2v) is 10.2. The lowest BCUT2D eigenvalue weighted by Gasteiger charge is -2.30. The van der Waals surface area contributed by atoms with Crippen LogP contribution in [-0.4, -0.2) is 49.2 Å². The Balaban J connectivity index is 1.64. The second-order valence-electron chi connectivity index (χ2n) is 7.82. The number of hydrogen-bond donors (Lipinski definition) is 2.